The van der Waals surface area contributed by atoms with E-state index in [2.05, 4.69) is 23.7 Å². The van der Waals surface area contributed by atoms with Gasteiger partial charge in [-0.2, -0.15) is 0 Å². The van der Waals surface area contributed by atoms with Crippen LogP contribution in [-0.4, -0.2) is 81.8 Å². The Labute approximate surface area is 206 Å². The van der Waals surface area contributed by atoms with E-state index in [9.17, 15) is 14.4 Å². The van der Waals surface area contributed by atoms with E-state index < -0.39 is 12.2 Å². The largest absolute Gasteiger partial charge is 0.337 e. The van der Waals surface area contributed by atoms with Crippen LogP contribution in [0.4, 0.5) is 4.79 Å². The molecule has 2 fully saturated rings. The number of benzene rings is 1. The number of fused-ring (bicyclic) bond motifs is 1. The quantitative estimate of drug-likeness (QED) is 0.613. The third-order valence-electron chi connectivity index (χ3n) is 6.75. The van der Waals surface area contributed by atoms with Crippen LogP contribution in [0.5, 0.6) is 0 Å². The summed E-state index contributed by atoms with van der Waals surface area (Å²) in [7, 11) is 1.76. The number of hydrazine groups is 1. The minimum Gasteiger partial charge on any atom is -0.337 e. The molecule has 1 unspecified atom stereocenters. The van der Waals surface area contributed by atoms with Crippen molar-refractivity contribution in [2.24, 2.45) is 0 Å². The van der Waals surface area contributed by atoms with Crippen molar-refractivity contribution in [2.45, 2.75) is 63.0 Å². The van der Waals surface area contributed by atoms with Crippen molar-refractivity contribution in [3.05, 3.63) is 47.4 Å². The van der Waals surface area contributed by atoms with Gasteiger partial charge in [-0.1, -0.05) is 56.2 Å². The molecule has 8 nitrogen and oxygen atoms in total. The molecule has 1 N–H and O–H groups in total. The molecule has 3 aliphatic rings. The Kier molecular flexibility index (Phi) is 8.15. The molecule has 0 spiro atoms. The highest BCUT2D eigenvalue weighted by atomic mass is 32.2. The lowest BCUT2D eigenvalue weighted by Gasteiger charge is -2.54. The van der Waals surface area contributed by atoms with Crippen LogP contribution in [-0.2, 0) is 16.1 Å². The first kappa shape index (κ1) is 24.6. The SMILES string of the molecule is CCCC[C@H]1C(=O)N(CCC2CC=CS2)C[C@H]2N1C(=O)CN(C)N2C(=O)NCc1ccccc1. The summed E-state index contributed by atoms with van der Waals surface area (Å²) in [6.45, 7) is 3.54. The first-order valence-corrected chi connectivity index (χ1v) is 13.2. The number of carbonyl (C=O) groups excluding carboxylic acids is 3. The van der Waals surface area contributed by atoms with E-state index in [4.69, 9.17) is 0 Å². The molecule has 1 aromatic rings. The van der Waals surface area contributed by atoms with Crippen LogP contribution in [0.3, 0.4) is 0 Å². The van der Waals surface area contributed by atoms with E-state index in [0.717, 1.165) is 31.2 Å². The molecule has 1 aromatic carbocycles. The van der Waals surface area contributed by atoms with Crippen molar-refractivity contribution in [3.63, 3.8) is 0 Å². The number of amides is 4. The molecule has 3 atom stereocenters. The minimum absolute atomic E-state index is 0.0169. The molecule has 0 bridgehead atoms. The molecule has 9 heteroatoms. The summed E-state index contributed by atoms with van der Waals surface area (Å²) < 4.78 is 0. The first-order chi connectivity index (χ1) is 16.5. The number of hydrogen-bond donors (Lipinski definition) is 1. The number of piperazine rings is 1. The lowest BCUT2D eigenvalue weighted by molar-refractivity contribution is -0.187. The summed E-state index contributed by atoms with van der Waals surface area (Å²) in [5.74, 6) is -0.0764. The molecular formula is C25H35N5O3S. The Morgan fingerprint density at radius 2 is 1.97 bits per heavy atom. The van der Waals surface area contributed by atoms with Crippen LogP contribution in [0.2, 0.25) is 0 Å². The van der Waals surface area contributed by atoms with Gasteiger partial charge in [0.1, 0.15) is 12.2 Å². The van der Waals surface area contributed by atoms with Crippen LogP contribution >= 0.6 is 11.8 Å². The van der Waals surface area contributed by atoms with Crippen molar-refractivity contribution in [3.8, 4) is 0 Å². The monoisotopic (exact) mass is 485 g/mol. The zero-order chi connectivity index (χ0) is 24.1. The van der Waals surface area contributed by atoms with Gasteiger partial charge in [-0.25, -0.2) is 14.8 Å². The normalized spacial score (nSPS) is 25.1. The minimum atomic E-state index is -0.515. The van der Waals surface area contributed by atoms with Crippen molar-refractivity contribution >= 4 is 29.6 Å². The van der Waals surface area contributed by atoms with Gasteiger partial charge in [0.2, 0.25) is 11.8 Å². The summed E-state index contributed by atoms with van der Waals surface area (Å²) >= 11 is 1.81. The van der Waals surface area contributed by atoms with Gasteiger partial charge in [0.25, 0.3) is 0 Å². The Morgan fingerprint density at radius 1 is 1.18 bits per heavy atom. The Bertz CT molecular complexity index is 903. The van der Waals surface area contributed by atoms with Crippen LogP contribution in [0.25, 0.3) is 0 Å². The standard InChI is InChI=1S/C25H35N5O3S/c1-3-4-12-21-24(32)28(14-13-20-11-8-15-34-20)17-22-29(21)23(31)18-27(2)30(22)25(33)26-16-19-9-6-5-7-10-19/h5-10,15,20-22H,3-4,11-14,16-18H2,1-2H3,(H,26,33)/t20?,21-,22-/m0/s1. The predicted octanol–water partition coefficient (Wildman–Crippen LogP) is 3.02. The van der Waals surface area contributed by atoms with Gasteiger partial charge in [-0.15, -0.1) is 11.8 Å². The van der Waals surface area contributed by atoms with Crippen molar-refractivity contribution in [1.82, 2.24) is 25.1 Å². The summed E-state index contributed by atoms with van der Waals surface area (Å²) in [5, 5.41) is 8.93. The Hall–Kier alpha value is -2.52. The van der Waals surface area contributed by atoms with E-state index in [1.165, 1.54) is 0 Å². The first-order valence-electron chi connectivity index (χ1n) is 12.2. The Morgan fingerprint density at radius 3 is 2.68 bits per heavy atom. The van der Waals surface area contributed by atoms with Crippen molar-refractivity contribution < 1.29 is 14.4 Å². The molecule has 0 saturated carbocycles. The molecule has 0 aliphatic carbocycles. The number of unbranched alkanes of at least 4 members (excludes halogenated alkanes) is 1. The second-order valence-corrected chi connectivity index (χ2v) is 10.4. The van der Waals surface area contributed by atoms with E-state index >= 15 is 0 Å². The molecule has 4 amide bonds. The van der Waals surface area contributed by atoms with E-state index in [1.54, 1.807) is 22.0 Å². The van der Waals surface area contributed by atoms with Gasteiger partial charge in [0, 0.05) is 25.4 Å². The van der Waals surface area contributed by atoms with Crippen LogP contribution in [0.15, 0.2) is 41.8 Å². The fraction of sp³-hybridized carbons (Fsp3) is 0.560. The van der Waals surface area contributed by atoms with Crippen LogP contribution < -0.4 is 5.32 Å². The second-order valence-electron chi connectivity index (χ2n) is 9.18. The summed E-state index contributed by atoms with van der Waals surface area (Å²) in [5.41, 5.74) is 1.01. The van der Waals surface area contributed by atoms with Gasteiger partial charge in [0.15, 0.2) is 0 Å². The zero-order valence-corrected chi connectivity index (χ0v) is 20.9. The summed E-state index contributed by atoms with van der Waals surface area (Å²) in [4.78, 5) is 43.5. The molecule has 4 rings (SSSR count). The third kappa shape index (κ3) is 5.41. The lowest BCUT2D eigenvalue weighted by Crippen LogP contribution is -2.76. The maximum atomic E-state index is 13.5. The highest BCUT2D eigenvalue weighted by molar-refractivity contribution is 8.03. The maximum absolute atomic E-state index is 13.5. The Balaban J connectivity index is 1.53. The molecular weight excluding hydrogens is 450 g/mol. The summed E-state index contributed by atoms with van der Waals surface area (Å²) in [6.07, 6.45) is 6.03. The van der Waals surface area contributed by atoms with Gasteiger partial charge in [-0.05, 0) is 30.2 Å². The van der Waals surface area contributed by atoms with E-state index in [1.807, 2.05) is 47.0 Å². The average Bonchev–Trinajstić information content (AvgIpc) is 3.35. The smallest absolute Gasteiger partial charge is 0.334 e. The van der Waals surface area contributed by atoms with Crippen LogP contribution in [0, 0.1) is 0 Å². The van der Waals surface area contributed by atoms with Gasteiger partial charge in [0.05, 0.1) is 13.1 Å². The predicted molar refractivity (Wildman–Crippen MR) is 133 cm³/mol. The highest BCUT2D eigenvalue weighted by Crippen LogP contribution is 2.30. The molecule has 3 aliphatic heterocycles. The number of carbonyl (C=O) groups is 3. The average molecular weight is 486 g/mol. The molecule has 3 heterocycles. The number of thioether (sulfide) groups is 1. The van der Waals surface area contributed by atoms with Crippen molar-refractivity contribution in [2.75, 3.05) is 26.7 Å². The fourth-order valence-electron chi connectivity index (χ4n) is 4.95. The van der Waals surface area contributed by atoms with Crippen LogP contribution in [0.1, 0.15) is 44.6 Å². The molecule has 34 heavy (non-hydrogen) atoms. The van der Waals surface area contributed by atoms with E-state index in [0.29, 0.717) is 31.3 Å². The molecule has 0 aromatic heterocycles. The zero-order valence-electron chi connectivity index (χ0n) is 20.1. The lowest BCUT2D eigenvalue weighted by atomic mass is 10.0. The number of likely N-dealkylation sites (N-methyl/N-ethyl adjacent to an activating group) is 1. The number of allylic oxidation sites excluding steroid dienone is 1. The second kappa shape index (κ2) is 11.3. The summed E-state index contributed by atoms with van der Waals surface area (Å²) in [6, 6.07) is 8.98. The highest BCUT2D eigenvalue weighted by Gasteiger charge is 2.50. The fourth-order valence-corrected chi connectivity index (χ4v) is 5.86. The molecule has 2 saturated heterocycles. The van der Waals surface area contributed by atoms with Gasteiger partial charge in [-0.3, -0.25) is 9.59 Å². The van der Waals surface area contributed by atoms with E-state index in [-0.39, 0.29) is 24.4 Å². The topological polar surface area (TPSA) is 76.2 Å². The van der Waals surface area contributed by atoms with Gasteiger partial charge < -0.3 is 15.1 Å². The van der Waals surface area contributed by atoms with Gasteiger partial charge >= 0.3 is 6.03 Å². The number of rotatable bonds is 8. The molecule has 0 radical (unpaired) electrons. The number of nitrogens with one attached hydrogen (secondary N) is 1. The third-order valence-corrected chi connectivity index (χ3v) is 7.92. The molecule has 184 valence electrons. The number of urea groups is 1. The number of hydrogen-bond acceptors (Lipinski definition) is 5. The van der Waals surface area contributed by atoms with Crippen molar-refractivity contribution in [1.29, 1.82) is 0 Å². The number of nitrogens with zero attached hydrogens (tertiary/aromatic N) is 4. The maximum Gasteiger partial charge on any atom is 0.334 e.